The Morgan fingerprint density at radius 1 is 1.00 bits per heavy atom. The van der Waals surface area contributed by atoms with Crippen molar-refractivity contribution in [3.05, 3.63) is 35.9 Å². The van der Waals surface area contributed by atoms with Crippen molar-refractivity contribution in [2.24, 2.45) is 0 Å². The molecule has 0 atom stereocenters. The van der Waals surface area contributed by atoms with E-state index in [0.29, 0.717) is 5.89 Å². The zero-order chi connectivity index (χ0) is 11.0. The van der Waals surface area contributed by atoms with Crippen LogP contribution in [0.1, 0.15) is 0 Å². The van der Waals surface area contributed by atoms with Crippen molar-refractivity contribution in [2.75, 3.05) is 0 Å². The number of aromatic nitrogens is 4. The van der Waals surface area contributed by atoms with Gasteiger partial charge in [-0.05, 0) is 29.8 Å². The molecule has 0 radical (unpaired) electrons. The van der Waals surface area contributed by atoms with Crippen LogP contribution in [0.2, 0.25) is 5.35 Å². The molecule has 6 heteroatoms. The summed E-state index contributed by atoms with van der Waals surface area (Å²) in [6.07, 6.45) is 3.28. The molecule has 2 heterocycles. The van der Waals surface area contributed by atoms with Crippen LogP contribution in [0, 0.1) is 0 Å². The molecule has 0 unspecified atom stereocenters. The number of hydrogen-bond acceptors (Lipinski definition) is 5. The number of fused-ring (bicyclic) bond motifs is 1. The molecule has 1 aromatic carbocycles. The van der Waals surface area contributed by atoms with Gasteiger partial charge in [-0.15, -0.1) is 5.10 Å². The number of benzene rings is 1. The van der Waals surface area contributed by atoms with Gasteiger partial charge < -0.3 is 4.42 Å². The molecule has 0 saturated heterocycles. The van der Waals surface area contributed by atoms with Crippen molar-refractivity contribution in [2.45, 2.75) is 0 Å². The van der Waals surface area contributed by atoms with Gasteiger partial charge >= 0.3 is 5.35 Å². The average Bonchev–Trinajstić information content (AvgIpc) is 2.75. The lowest BCUT2D eigenvalue weighted by molar-refractivity contribution is 0.571. The Balaban J connectivity index is 2.18. The molecule has 3 rings (SSSR count). The van der Waals surface area contributed by atoms with Gasteiger partial charge in [0.25, 0.3) is 0 Å². The maximum absolute atomic E-state index is 5.56. The Labute approximate surface area is 95.1 Å². The smallest absolute Gasteiger partial charge is 0.313 e. The van der Waals surface area contributed by atoms with Gasteiger partial charge in [-0.3, -0.25) is 9.97 Å². The maximum Gasteiger partial charge on any atom is 0.313 e. The van der Waals surface area contributed by atoms with Gasteiger partial charge in [0, 0.05) is 18.0 Å². The normalized spacial score (nSPS) is 10.8. The van der Waals surface area contributed by atoms with Crippen molar-refractivity contribution in [1.82, 2.24) is 20.2 Å². The van der Waals surface area contributed by atoms with Gasteiger partial charge in [0.15, 0.2) is 0 Å². The summed E-state index contributed by atoms with van der Waals surface area (Å²) in [6, 6.07) is 5.50. The van der Waals surface area contributed by atoms with Gasteiger partial charge in [-0.25, -0.2) is 0 Å². The van der Waals surface area contributed by atoms with Crippen LogP contribution in [0.5, 0.6) is 0 Å². The third-order valence-corrected chi connectivity index (χ3v) is 2.27. The molecule has 0 saturated carbocycles. The van der Waals surface area contributed by atoms with E-state index in [9.17, 15) is 0 Å². The Morgan fingerprint density at radius 3 is 2.56 bits per heavy atom. The van der Waals surface area contributed by atoms with Crippen LogP contribution in [0.3, 0.4) is 0 Å². The van der Waals surface area contributed by atoms with Crippen molar-refractivity contribution >= 4 is 22.6 Å². The van der Waals surface area contributed by atoms with E-state index in [1.807, 2.05) is 18.2 Å². The van der Waals surface area contributed by atoms with Gasteiger partial charge in [0.1, 0.15) is 0 Å². The van der Waals surface area contributed by atoms with Gasteiger partial charge in [-0.1, -0.05) is 5.10 Å². The Bertz CT molecular complexity index is 652. The monoisotopic (exact) mass is 232 g/mol. The van der Waals surface area contributed by atoms with Crippen molar-refractivity contribution in [3.8, 4) is 11.5 Å². The number of nitrogens with zero attached hydrogens (tertiary/aromatic N) is 4. The Morgan fingerprint density at radius 2 is 1.81 bits per heavy atom. The molecule has 2 aromatic heterocycles. The van der Waals surface area contributed by atoms with Gasteiger partial charge in [0.2, 0.25) is 5.89 Å². The summed E-state index contributed by atoms with van der Waals surface area (Å²) in [7, 11) is 0. The van der Waals surface area contributed by atoms with E-state index in [1.54, 1.807) is 12.4 Å². The molecule has 0 aliphatic carbocycles. The number of halogens is 1. The number of hydrogen-bond donors (Lipinski definition) is 0. The standard InChI is InChI=1S/C10H5ClN4O/c11-10-15-14-9(16-10)6-1-2-7-8(5-6)13-4-3-12-7/h1-5H. The highest BCUT2D eigenvalue weighted by atomic mass is 35.5. The van der Waals surface area contributed by atoms with E-state index in [1.165, 1.54) is 0 Å². The van der Waals surface area contributed by atoms with Crippen LogP contribution in [0.25, 0.3) is 22.5 Å². The third-order valence-electron chi connectivity index (χ3n) is 2.12. The topological polar surface area (TPSA) is 64.7 Å². The first-order chi connectivity index (χ1) is 7.83. The second kappa shape index (κ2) is 3.53. The van der Waals surface area contributed by atoms with E-state index >= 15 is 0 Å². The molecule has 5 nitrogen and oxygen atoms in total. The first-order valence-corrected chi connectivity index (χ1v) is 4.91. The number of rotatable bonds is 1. The van der Waals surface area contributed by atoms with E-state index in [-0.39, 0.29) is 5.35 Å². The minimum atomic E-state index is 0.0224. The minimum absolute atomic E-state index is 0.0224. The van der Waals surface area contributed by atoms with Crippen molar-refractivity contribution in [1.29, 1.82) is 0 Å². The third kappa shape index (κ3) is 1.51. The quantitative estimate of drug-likeness (QED) is 0.644. The molecular weight excluding hydrogens is 228 g/mol. The second-order valence-corrected chi connectivity index (χ2v) is 3.44. The zero-order valence-corrected chi connectivity index (χ0v) is 8.72. The van der Waals surface area contributed by atoms with E-state index in [0.717, 1.165) is 16.6 Å². The molecule has 0 N–H and O–H groups in total. The summed E-state index contributed by atoms with van der Waals surface area (Å²) in [5.74, 6) is 0.373. The highest BCUT2D eigenvalue weighted by Gasteiger charge is 2.07. The fourth-order valence-electron chi connectivity index (χ4n) is 1.42. The van der Waals surface area contributed by atoms with E-state index in [2.05, 4.69) is 20.2 Å². The fraction of sp³-hybridized carbons (Fsp3) is 0. The van der Waals surface area contributed by atoms with Crippen LogP contribution in [0.15, 0.2) is 35.0 Å². The van der Waals surface area contributed by atoms with Crippen molar-refractivity contribution < 1.29 is 4.42 Å². The molecule has 0 aliphatic rings. The lowest BCUT2D eigenvalue weighted by Gasteiger charge is -1.97. The predicted molar refractivity (Wildman–Crippen MR) is 57.8 cm³/mol. The van der Waals surface area contributed by atoms with E-state index < -0.39 is 0 Å². The molecule has 0 bridgehead atoms. The highest BCUT2D eigenvalue weighted by molar-refractivity contribution is 6.27. The lowest BCUT2D eigenvalue weighted by Crippen LogP contribution is -1.84. The molecule has 0 fully saturated rings. The van der Waals surface area contributed by atoms with Crippen LogP contribution in [0.4, 0.5) is 0 Å². The van der Waals surface area contributed by atoms with E-state index in [4.69, 9.17) is 16.0 Å². The molecule has 3 aromatic rings. The summed E-state index contributed by atoms with van der Waals surface area (Å²) < 4.78 is 5.11. The van der Waals surface area contributed by atoms with Gasteiger partial charge in [0.05, 0.1) is 11.0 Å². The Kier molecular flexibility index (Phi) is 2.04. The maximum atomic E-state index is 5.56. The summed E-state index contributed by atoms with van der Waals surface area (Å²) in [5.41, 5.74) is 2.36. The molecule has 0 aliphatic heterocycles. The van der Waals surface area contributed by atoms with Crippen LogP contribution < -0.4 is 0 Å². The summed E-state index contributed by atoms with van der Waals surface area (Å²) in [6.45, 7) is 0. The molecule has 16 heavy (non-hydrogen) atoms. The first-order valence-electron chi connectivity index (χ1n) is 4.53. The van der Waals surface area contributed by atoms with Gasteiger partial charge in [-0.2, -0.15) is 0 Å². The van der Waals surface area contributed by atoms with Crippen LogP contribution in [-0.2, 0) is 0 Å². The molecule has 78 valence electrons. The average molecular weight is 233 g/mol. The summed E-state index contributed by atoms with van der Waals surface area (Å²) in [4.78, 5) is 8.35. The molecular formula is C10H5ClN4O. The SMILES string of the molecule is Clc1nnc(-c2ccc3nccnc3c2)o1. The van der Waals surface area contributed by atoms with Crippen molar-refractivity contribution in [3.63, 3.8) is 0 Å². The molecule has 0 spiro atoms. The largest absolute Gasteiger partial charge is 0.407 e. The fourth-order valence-corrected chi connectivity index (χ4v) is 1.53. The first kappa shape index (κ1) is 9.23. The molecule has 0 amide bonds. The summed E-state index contributed by atoms with van der Waals surface area (Å²) >= 11 is 5.56. The summed E-state index contributed by atoms with van der Waals surface area (Å²) in [5, 5.41) is 7.40. The van der Waals surface area contributed by atoms with Crippen LogP contribution in [-0.4, -0.2) is 20.2 Å². The predicted octanol–water partition coefficient (Wildman–Crippen LogP) is 2.33. The highest BCUT2D eigenvalue weighted by Crippen LogP contribution is 2.22. The van der Waals surface area contributed by atoms with Crippen LogP contribution >= 0.6 is 11.6 Å². The lowest BCUT2D eigenvalue weighted by atomic mass is 10.2. The minimum Gasteiger partial charge on any atom is -0.407 e. The second-order valence-electron chi connectivity index (χ2n) is 3.12. The Hall–Kier alpha value is -2.01. The zero-order valence-electron chi connectivity index (χ0n) is 7.96.